The number of hydrogen-bond acceptors (Lipinski definition) is 5. The molecule has 6 heteroatoms. The molecule has 3 aromatic rings. The van der Waals surface area contributed by atoms with E-state index in [9.17, 15) is 5.11 Å². The molecule has 0 spiro atoms. The Balaban J connectivity index is 1.72. The summed E-state index contributed by atoms with van der Waals surface area (Å²) >= 11 is 0. The van der Waals surface area contributed by atoms with Crippen molar-refractivity contribution in [2.75, 3.05) is 0 Å². The average Bonchev–Trinajstić information content (AvgIpc) is 3.08. The average molecular weight is 268 g/mol. The van der Waals surface area contributed by atoms with E-state index < -0.39 is 0 Å². The van der Waals surface area contributed by atoms with Crippen LogP contribution in [0.2, 0.25) is 0 Å². The van der Waals surface area contributed by atoms with Crippen LogP contribution in [0.15, 0.2) is 41.1 Å². The maximum atomic E-state index is 10.00. The normalized spacial score (nSPS) is 14.6. The molecule has 100 valence electrons. The summed E-state index contributed by atoms with van der Waals surface area (Å²) in [4.78, 5) is 4.30. The summed E-state index contributed by atoms with van der Waals surface area (Å²) in [5.41, 5.74) is 1.17. The molecule has 1 saturated carbocycles. The summed E-state index contributed by atoms with van der Waals surface area (Å²) in [7, 11) is 0. The van der Waals surface area contributed by atoms with Gasteiger partial charge in [0.2, 0.25) is 0 Å². The second-order valence-corrected chi connectivity index (χ2v) is 4.88. The number of benzene rings is 1. The van der Waals surface area contributed by atoms with Crippen molar-refractivity contribution in [3.63, 3.8) is 0 Å². The molecule has 2 aromatic heterocycles. The first-order chi connectivity index (χ1) is 9.81. The highest BCUT2D eigenvalue weighted by atomic mass is 16.5. The van der Waals surface area contributed by atoms with E-state index in [-0.39, 0.29) is 11.6 Å². The van der Waals surface area contributed by atoms with Crippen molar-refractivity contribution in [3.05, 3.63) is 42.4 Å². The molecule has 1 aliphatic rings. The molecule has 1 fully saturated rings. The Bertz CT molecular complexity index is 744. The number of aromatic hydroxyl groups is 1. The zero-order chi connectivity index (χ0) is 13.5. The second kappa shape index (κ2) is 4.19. The molecule has 20 heavy (non-hydrogen) atoms. The van der Waals surface area contributed by atoms with Gasteiger partial charge in [0.15, 0.2) is 17.3 Å². The molecule has 0 unspecified atom stereocenters. The van der Waals surface area contributed by atoms with Crippen LogP contribution >= 0.6 is 0 Å². The van der Waals surface area contributed by atoms with Crippen molar-refractivity contribution in [2.45, 2.75) is 18.8 Å². The van der Waals surface area contributed by atoms with Gasteiger partial charge in [-0.3, -0.25) is 0 Å². The summed E-state index contributed by atoms with van der Waals surface area (Å²) in [5, 5.41) is 18.2. The highest BCUT2D eigenvalue weighted by Crippen LogP contribution is 2.39. The molecule has 0 saturated heterocycles. The Kier molecular flexibility index (Phi) is 2.35. The van der Waals surface area contributed by atoms with Crippen molar-refractivity contribution < 1.29 is 9.63 Å². The smallest absolute Gasteiger partial charge is 0.282 e. The number of rotatable bonds is 3. The fourth-order valence-corrected chi connectivity index (χ4v) is 2.07. The minimum atomic E-state index is 0.0276. The van der Waals surface area contributed by atoms with E-state index in [1.807, 2.05) is 30.3 Å². The Morgan fingerprint density at radius 1 is 1.20 bits per heavy atom. The highest BCUT2D eigenvalue weighted by molar-refractivity contribution is 5.57. The third-order valence-corrected chi connectivity index (χ3v) is 3.30. The van der Waals surface area contributed by atoms with Crippen molar-refractivity contribution in [1.29, 1.82) is 0 Å². The first kappa shape index (κ1) is 11.2. The van der Waals surface area contributed by atoms with Gasteiger partial charge in [0, 0.05) is 5.92 Å². The van der Waals surface area contributed by atoms with Crippen molar-refractivity contribution in [1.82, 2.24) is 19.9 Å². The minimum absolute atomic E-state index is 0.0276. The molecule has 4 rings (SSSR count). The Hall–Kier alpha value is -2.63. The van der Waals surface area contributed by atoms with Crippen LogP contribution in [0, 0.1) is 0 Å². The molecular weight excluding hydrogens is 256 g/mol. The molecule has 1 N–H and O–H groups in total. The maximum absolute atomic E-state index is 10.00. The lowest BCUT2D eigenvalue weighted by Crippen LogP contribution is -1.94. The summed E-state index contributed by atoms with van der Waals surface area (Å²) < 4.78 is 6.77. The fraction of sp³-hybridized carbons (Fsp3) is 0.214. The number of aromatic nitrogens is 4. The quantitative estimate of drug-likeness (QED) is 0.789. The van der Waals surface area contributed by atoms with E-state index in [0.29, 0.717) is 17.4 Å². The van der Waals surface area contributed by atoms with Crippen LogP contribution < -0.4 is 0 Å². The molecule has 0 radical (unpaired) electrons. The first-order valence-corrected chi connectivity index (χ1v) is 6.49. The standard InChI is InChI=1S/C14H12N4O2/c19-11-8-18(10-4-2-1-3-5-10)16-12(11)14-15-13(17-20-14)9-6-7-9/h1-5,8-9,19H,6-7H2. The van der Waals surface area contributed by atoms with E-state index in [2.05, 4.69) is 15.2 Å². The van der Waals surface area contributed by atoms with Gasteiger partial charge in [-0.15, -0.1) is 0 Å². The Labute approximate surface area is 114 Å². The predicted octanol–water partition coefficient (Wildman–Crippen LogP) is 2.51. The molecule has 0 bridgehead atoms. The van der Waals surface area contributed by atoms with Crippen LogP contribution in [0.1, 0.15) is 24.6 Å². The highest BCUT2D eigenvalue weighted by Gasteiger charge is 2.30. The molecule has 1 aliphatic carbocycles. The van der Waals surface area contributed by atoms with Crippen LogP contribution in [0.25, 0.3) is 17.3 Å². The molecule has 1 aromatic carbocycles. The zero-order valence-electron chi connectivity index (χ0n) is 10.6. The van der Waals surface area contributed by atoms with Crippen LogP contribution in [0.4, 0.5) is 0 Å². The van der Waals surface area contributed by atoms with Crippen LogP contribution in [0.5, 0.6) is 5.75 Å². The fourth-order valence-electron chi connectivity index (χ4n) is 2.07. The summed E-state index contributed by atoms with van der Waals surface area (Å²) in [6.45, 7) is 0. The van der Waals surface area contributed by atoms with E-state index >= 15 is 0 Å². The minimum Gasteiger partial charge on any atom is -0.504 e. The van der Waals surface area contributed by atoms with Gasteiger partial charge in [0.1, 0.15) is 0 Å². The maximum Gasteiger partial charge on any atom is 0.282 e. The molecule has 2 heterocycles. The third-order valence-electron chi connectivity index (χ3n) is 3.30. The van der Waals surface area contributed by atoms with Gasteiger partial charge in [-0.2, -0.15) is 10.1 Å². The number of para-hydroxylation sites is 1. The monoisotopic (exact) mass is 268 g/mol. The lowest BCUT2D eigenvalue weighted by atomic mass is 10.3. The molecule has 0 amide bonds. The first-order valence-electron chi connectivity index (χ1n) is 6.49. The van der Waals surface area contributed by atoms with Crippen molar-refractivity contribution in [3.8, 4) is 23.0 Å². The molecular formula is C14H12N4O2. The number of hydrogen-bond donors (Lipinski definition) is 1. The van der Waals surface area contributed by atoms with Crippen molar-refractivity contribution >= 4 is 0 Å². The van der Waals surface area contributed by atoms with E-state index in [1.165, 1.54) is 6.20 Å². The van der Waals surface area contributed by atoms with E-state index in [0.717, 1.165) is 18.5 Å². The zero-order valence-corrected chi connectivity index (χ0v) is 10.6. The van der Waals surface area contributed by atoms with Crippen molar-refractivity contribution in [2.24, 2.45) is 0 Å². The van der Waals surface area contributed by atoms with Gasteiger partial charge in [-0.25, -0.2) is 4.68 Å². The number of nitrogens with zero attached hydrogens (tertiary/aromatic N) is 4. The second-order valence-electron chi connectivity index (χ2n) is 4.88. The molecule has 0 aliphatic heterocycles. The van der Waals surface area contributed by atoms with E-state index in [1.54, 1.807) is 4.68 Å². The van der Waals surface area contributed by atoms with Gasteiger partial charge in [-0.05, 0) is 25.0 Å². The van der Waals surface area contributed by atoms with Crippen LogP contribution in [0.3, 0.4) is 0 Å². The predicted molar refractivity (Wildman–Crippen MR) is 70.5 cm³/mol. The van der Waals surface area contributed by atoms with Crippen LogP contribution in [-0.4, -0.2) is 25.0 Å². The van der Waals surface area contributed by atoms with Gasteiger partial charge < -0.3 is 9.63 Å². The molecule has 6 nitrogen and oxygen atoms in total. The summed E-state index contributed by atoms with van der Waals surface area (Å²) in [6, 6.07) is 9.55. The van der Waals surface area contributed by atoms with Crippen LogP contribution in [-0.2, 0) is 0 Å². The van der Waals surface area contributed by atoms with Gasteiger partial charge in [-0.1, -0.05) is 23.4 Å². The Morgan fingerprint density at radius 3 is 2.75 bits per heavy atom. The lowest BCUT2D eigenvalue weighted by molar-refractivity contribution is 0.416. The van der Waals surface area contributed by atoms with Gasteiger partial charge in [0.05, 0.1) is 11.9 Å². The van der Waals surface area contributed by atoms with E-state index in [4.69, 9.17) is 4.52 Å². The summed E-state index contributed by atoms with van der Waals surface area (Å²) in [6.07, 6.45) is 3.73. The summed E-state index contributed by atoms with van der Waals surface area (Å²) in [5.74, 6) is 1.40. The Morgan fingerprint density at radius 2 is 2.00 bits per heavy atom. The third kappa shape index (κ3) is 1.85. The largest absolute Gasteiger partial charge is 0.504 e. The molecule has 0 atom stereocenters. The topological polar surface area (TPSA) is 77.0 Å². The lowest BCUT2D eigenvalue weighted by Gasteiger charge is -1.98. The van der Waals surface area contributed by atoms with Gasteiger partial charge in [0.25, 0.3) is 5.89 Å². The van der Waals surface area contributed by atoms with Gasteiger partial charge >= 0.3 is 0 Å². The SMILES string of the molecule is Oc1cn(-c2ccccc2)nc1-c1nc(C2CC2)no1.